The van der Waals surface area contributed by atoms with Crippen LogP contribution < -0.4 is 4.90 Å². The number of fused-ring (bicyclic) bond motifs is 1. The summed E-state index contributed by atoms with van der Waals surface area (Å²) in [5.41, 5.74) is 0.825. The molecule has 0 atom stereocenters. The predicted molar refractivity (Wildman–Crippen MR) is 66.2 cm³/mol. The third kappa shape index (κ3) is 1.68. The molecule has 0 saturated carbocycles. The zero-order valence-corrected chi connectivity index (χ0v) is 10.5. The molecule has 0 spiro atoms. The van der Waals surface area contributed by atoms with Gasteiger partial charge in [0.1, 0.15) is 0 Å². The number of carbonyl (C=O) groups excluding carboxylic acids is 2. The van der Waals surface area contributed by atoms with Crippen molar-refractivity contribution in [1.29, 1.82) is 0 Å². The molecular formula is C11H7BrClNO2. The minimum Gasteiger partial charge on any atom is -0.300 e. The second kappa shape index (κ2) is 4.03. The van der Waals surface area contributed by atoms with Crippen molar-refractivity contribution in [3.63, 3.8) is 0 Å². The van der Waals surface area contributed by atoms with E-state index in [9.17, 15) is 9.59 Å². The third-order valence-electron chi connectivity index (χ3n) is 2.28. The molecule has 0 aromatic heterocycles. The van der Waals surface area contributed by atoms with Crippen molar-refractivity contribution in [3.05, 3.63) is 39.8 Å². The highest BCUT2D eigenvalue weighted by molar-refractivity contribution is 9.11. The molecule has 0 N–H and O–H groups in total. The Balaban J connectivity index is 2.54. The van der Waals surface area contributed by atoms with Crippen LogP contribution in [0, 0.1) is 0 Å². The second-order valence-corrected chi connectivity index (χ2v) is 4.90. The van der Waals surface area contributed by atoms with Crippen LogP contribution in [-0.4, -0.2) is 18.2 Å². The van der Waals surface area contributed by atoms with Crippen molar-refractivity contribution >= 4 is 44.9 Å². The molecular weight excluding hydrogens is 293 g/mol. The van der Waals surface area contributed by atoms with Crippen LogP contribution in [-0.2, 0) is 4.79 Å². The molecule has 0 fully saturated rings. The van der Waals surface area contributed by atoms with Gasteiger partial charge in [-0.1, -0.05) is 40.2 Å². The van der Waals surface area contributed by atoms with Crippen LogP contribution in [0.15, 0.2) is 29.3 Å². The first kappa shape index (κ1) is 11.4. The normalized spacial score (nSPS) is 14.2. The van der Waals surface area contributed by atoms with Crippen molar-refractivity contribution in [3.8, 4) is 0 Å². The predicted octanol–water partition coefficient (Wildman–Crippen LogP) is 2.78. The molecule has 1 aliphatic heterocycles. The lowest BCUT2D eigenvalue weighted by molar-refractivity contribution is -0.114. The van der Waals surface area contributed by atoms with E-state index in [1.165, 1.54) is 4.90 Å². The van der Waals surface area contributed by atoms with E-state index in [2.05, 4.69) is 22.5 Å². The van der Waals surface area contributed by atoms with Crippen LogP contribution in [0.3, 0.4) is 0 Å². The largest absolute Gasteiger partial charge is 0.300 e. The van der Waals surface area contributed by atoms with Gasteiger partial charge in [-0.15, -0.1) is 0 Å². The van der Waals surface area contributed by atoms with E-state index in [0.717, 1.165) is 0 Å². The number of ketones is 1. The van der Waals surface area contributed by atoms with Gasteiger partial charge in [-0.25, -0.2) is 0 Å². The summed E-state index contributed by atoms with van der Waals surface area (Å²) in [6, 6.07) is 5.00. The maximum absolute atomic E-state index is 11.7. The highest BCUT2D eigenvalue weighted by Crippen LogP contribution is 2.34. The van der Waals surface area contributed by atoms with Crippen LogP contribution >= 0.6 is 27.5 Å². The molecule has 0 saturated heterocycles. The molecule has 1 aromatic rings. The van der Waals surface area contributed by atoms with Crippen molar-refractivity contribution < 1.29 is 9.59 Å². The lowest BCUT2D eigenvalue weighted by atomic mass is 10.1. The van der Waals surface area contributed by atoms with Crippen LogP contribution in [0.5, 0.6) is 0 Å². The molecule has 3 nitrogen and oxygen atoms in total. The maximum atomic E-state index is 11.7. The van der Waals surface area contributed by atoms with Gasteiger partial charge < -0.3 is 0 Å². The monoisotopic (exact) mass is 299 g/mol. The number of benzene rings is 1. The topological polar surface area (TPSA) is 37.4 Å². The molecule has 1 amide bonds. The van der Waals surface area contributed by atoms with Gasteiger partial charge in [-0.3, -0.25) is 14.5 Å². The Kier molecular flexibility index (Phi) is 2.86. The highest BCUT2D eigenvalue weighted by atomic mass is 79.9. The zero-order valence-electron chi connectivity index (χ0n) is 8.17. The Hall–Kier alpha value is -1.13. The van der Waals surface area contributed by atoms with Crippen molar-refractivity contribution in [1.82, 2.24) is 0 Å². The molecule has 16 heavy (non-hydrogen) atoms. The van der Waals surface area contributed by atoms with E-state index in [1.54, 1.807) is 18.2 Å². The molecule has 5 heteroatoms. The summed E-state index contributed by atoms with van der Waals surface area (Å²) < 4.78 is 0.626. The minimum atomic E-state index is -0.566. The lowest BCUT2D eigenvalue weighted by Gasteiger charge is -2.15. The van der Waals surface area contributed by atoms with E-state index in [-0.39, 0.29) is 12.1 Å². The molecule has 1 aromatic carbocycles. The molecule has 1 aliphatic rings. The number of Topliss-reactive ketones (excluding diaryl/α,β-unsaturated/α-hetero) is 1. The van der Waals surface area contributed by atoms with Gasteiger partial charge in [0.25, 0.3) is 11.7 Å². The van der Waals surface area contributed by atoms with Crippen molar-refractivity contribution in [2.45, 2.75) is 0 Å². The van der Waals surface area contributed by atoms with E-state index in [4.69, 9.17) is 11.6 Å². The number of anilines is 1. The fourth-order valence-electron chi connectivity index (χ4n) is 1.63. The van der Waals surface area contributed by atoms with Crippen LogP contribution in [0.2, 0.25) is 5.02 Å². The molecule has 0 radical (unpaired) electrons. The van der Waals surface area contributed by atoms with E-state index >= 15 is 0 Å². The molecule has 82 valence electrons. The smallest absolute Gasteiger partial charge is 0.299 e. The first-order valence-corrected chi connectivity index (χ1v) is 5.67. The fourth-order valence-corrected chi connectivity index (χ4v) is 2.14. The summed E-state index contributed by atoms with van der Waals surface area (Å²) in [5.74, 6) is -1.13. The summed E-state index contributed by atoms with van der Waals surface area (Å²) in [6.07, 6.45) is 0. The highest BCUT2D eigenvalue weighted by Gasteiger charge is 2.37. The fraction of sp³-hybridized carbons (Fsp3) is 0.0909. The van der Waals surface area contributed by atoms with Crippen LogP contribution in [0.25, 0.3) is 0 Å². The summed E-state index contributed by atoms with van der Waals surface area (Å²) in [4.78, 5) is 24.8. The van der Waals surface area contributed by atoms with E-state index in [0.29, 0.717) is 15.2 Å². The van der Waals surface area contributed by atoms with Gasteiger partial charge in [0, 0.05) is 4.48 Å². The minimum absolute atomic E-state index is 0.262. The molecule has 0 bridgehead atoms. The van der Waals surface area contributed by atoms with Crippen molar-refractivity contribution in [2.24, 2.45) is 0 Å². The number of hydrogen-bond donors (Lipinski definition) is 0. The van der Waals surface area contributed by atoms with Gasteiger partial charge >= 0.3 is 0 Å². The van der Waals surface area contributed by atoms with Crippen LogP contribution in [0.1, 0.15) is 10.4 Å². The standard InChI is InChI=1S/C11H7BrClNO2/c1-6(12)5-14-8-4-2-3-7(13)9(8)10(15)11(14)16/h2-4H,1,5H2. The Morgan fingerprint density at radius 3 is 2.75 bits per heavy atom. The van der Waals surface area contributed by atoms with Crippen LogP contribution in [0.4, 0.5) is 5.69 Å². The van der Waals surface area contributed by atoms with Gasteiger partial charge in [-0.2, -0.15) is 0 Å². The summed E-state index contributed by atoms with van der Waals surface area (Å²) in [7, 11) is 0. The van der Waals surface area contributed by atoms with E-state index in [1.807, 2.05) is 0 Å². The first-order chi connectivity index (χ1) is 7.52. The Morgan fingerprint density at radius 1 is 1.44 bits per heavy atom. The number of hydrogen-bond acceptors (Lipinski definition) is 2. The Bertz CT molecular complexity index is 513. The number of halogens is 2. The number of rotatable bonds is 2. The lowest BCUT2D eigenvalue weighted by Crippen LogP contribution is -2.30. The molecule has 1 heterocycles. The van der Waals surface area contributed by atoms with Gasteiger partial charge in [0.15, 0.2) is 0 Å². The maximum Gasteiger partial charge on any atom is 0.299 e. The SMILES string of the molecule is C=C(Br)CN1C(=O)C(=O)c2c(Cl)cccc21. The van der Waals surface area contributed by atoms with Gasteiger partial charge in [-0.05, 0) is 12.1 Å². The molecule has 0 unspecified atom stereocenters. The first-order valence-electron chi connectivity index (χ1n) is 4.50. The Labute approximate surface area is 106 Å². The van der Waals surface area contributed by atoms with Gasteiger partial charge in [0.05, 0.1) is 22.8 Å². The summed E-state index contributed by atoms with van der Waals surface area (Å²) in [5, 5.41) is 0.304. The number of nitrogens with zero attached hydrogens (tertiary/aromatic N) is 1. The molecule has 0 aliphatic carbocycles. The summed E-state index contributed by atoms with van der Waals surface area (Å²) >= 11 is 9.07. The third-order valence-corrected chi connectivity index (χ3v) is 2.84. The van der Waals surface area contributed by atoms with Crippen molar-refractivity contribution in [2.75, 3.05) is 11.4 Å². The number of carbonyl (C=O) groups is 2. The van der Waals surface area contributed by atoms with Gasteiger partial charge in [0.2, 0.25) is 0 Å². The van der Waals surface area contributed by atoms with E-state index < -0.39 is 11.7 Å². The zero-order chi connectivity index (χ0) is 11.9. The molecule has 2 rings (SSSR count). The average Bonchev–Trinajstić information content (AvgIpc) is 2.44. The summed E-state index contributed by atoms with van der Waals surface area (Å²) in [6.45, 7) is 3.91. The number of amides is 1. The second-order valence-electron chi connectivity index (χ2n) is 3.37. The quantitative estimate of drug-likeness (QED) is 0.788. The average molecular weight is 301 g/mol. The Morgan fingerprint density at radius 2 is 2.12 bits per heavy atom.